The van der Waals surface area contributed by atoms with Gasteiger partial charge in [0.1, 0.15) is 0 Å². The first kappa shape index (κ1) is 15.2. The lowest BCUT2D eigenvalue weighted by atomic mass is 10.1. The molecule has 0 aliphatic carbocycles. The highest BCUT2D eigenvalue weighted by molar-refractivity contribution is 5.95. The monoisotopic (exact) mass is 318 g/mol. The second-order valence-corrected chi connectivity index (χ2v) is 5.45. The molecule has 0 aliphatic heterocycles. The summed E-state index contributed by atoms with van der Waals surface area (Å²) in [5, 5.41) is 4.32. The van der Waals surface area contributed by atoms with E-state index in [4.69, 9.17) is 13.7 Å². The van der Waals surface area contributed by atoms with E-state index >= 15 is 0 Å². The van der Waals surface area contributed by atoms with E-state index in [0.29, 0.717) is 16.8 Å². The van der Waals surface area contributed by atoms with Gasteiger partial charge in [0.15, 0.2) is 23.8 Å². The summed E-state index contributed by atoms with van der Waals surface area (Å²) >= 11 is 0. The number of hydrogen-bond donors (Lipinski definition) is 0. The van der Waals surface area contributed by atoms with Crippen LogP contribution in [0.5, 0.6) is 0 Å². The van der Waals surface area contributed by atoms with Gasteiger partial charge in [-0.25, -0.2) is 9.18 Å². The molecule has 0 amide bonds. The number of para-hydroxylation sites is 1. The summed E-state index contributed by atoms with van der Waals surface area (Å²) in [6, 6.07) is 4.51. The Labute approximate surface area is 131 Å². The number of aryl methyl sites for hydroxylation is 1. The van der Waals surface area contributed by atoms with E-state index in [1.54, 1.807) is 19.1 Å². The second-order valence-electron chi connectivity index (χ2n) is 5.45. The maximum Gasteiger partial charge on any atom is 0.375 e. The molecule has 1 aromatic carbocycles. The van der Waals surface area contributed by atoms with Crippen molar-refractivity contribution in [2.75, 3.05) is 0 Å². The van der Waals surface area contributed by atoms with Crippen LogP contribution in [0.4, 0.5) is 4.39 Å². The zero-order valence-electron chi connectivity index (χ0n) is 12.9. The molecule has 2 heterocycles. The van der Waals surface area contributed by atoms with Gasteiger partial charge in [0.2, 0.25) is 5.76 Å². The van der Waals surface area contributed by atoms with Crippen LogP contribution in [0.3, 0.4) is 0 Å². The molecule has 0 atom stereocenters. The van der Waals surface area contributed by atoms with Crippen LogP contribution in [0.1, 0.15) is 47.6 Å². The van der Waals surface area contributed by atoms with E-state index in [1.807, 2.05) is 13.8 Å². The van der Waals surface area contributed by atoms with Crippen LogP contribution < -0.4 is 0 Å². The molecule has 7 heteroatoms. The van der Waals surface area contributed by atoms with Crippen LogP contribution in [0.15, 0.2) is 27.1 Å². The maximum atomic E-state index is 13.7. The fourth-order valence-corrected chi connectivity index (χ4v) is 2.16. The van der Waals surface area contributed by atoms with E-state index in [1.165, 1.54) is 6.07 Å². The Morgan fingerprint density at radius 2 is 2.17 bits per heavy atom. The molecule has 0 aliphatic rings. The van der Waals surface area contributed by atoms with Gasteiger partial charge >= 0.3 is 5.97 Å². The van der Waals surface area contributed by atoms with E-state index < -0.39 is 11.8 Å². The highest BCUT2D eigenvalue weighted by Gasteiger charge is 2.21. The van der Waals surface area contributed by atoms with Crippen molar-refractivity contribution in [2.24, 2.45) is 0 Å². The van der Waals surface area contributed by atoms with Crippen molar-refractivity contribution < 1.29 is 22.9 Å². The Balaban J connectivity index is 1.78. The topological polar surface area (TPSA) is 78.4 Å². The number of nitrogens with zero attached hydrogens (tertiary/aromatic N) is 2. The number of rotatable bonds is 4. The standard InChI is InChI=1S/C16H15FN2O4/c1-8(2)15-18-12(23-19-15)7-21-16(20)13-9(3)10-5-4-6-11(17)14(10)22-13/h4-6,8H,7H2,1-3H3. The molecule has 120 valence electrons. The van der Waals surface area contributed by atoms with Crippen molar-refractivity contribution in [1.29, 1.82) is 0 Å². The third kappa shape index (κ3) is 2.81. The third-order valence-corrected chi connectivity index (χ3v) is 3.43. The average Bonchev–Trinajstić information content (AvgIpc) is 3.11. The smallest absolute Gasteiger partial charge is 0.375 e. The van der Waals surface area contributed by atoms with Gasteiger partial charge < -0.3 is 13.7 Å². The first-order valence-electron chi connectivity index (χ1n) is 7.14. The largest absolute Gasteiger partial charge is 0.450 e. The molecule has 0 bridgehead atoms. The number of furan rings is 1. The molecule has 0 spiro atoms. The number of carbonyl (C=O) groups is 1. The Morgan fingerprint density at radius 3 is 2.83 bits per heavy atom. The Hall–Kier alpha value is -2.70. The lowest BCUT2D eigenvalue weighted by molar-refractivity contribution is 0.0395. The summed E-state index contributed by atoms with van der Waals surface area (Å²) in [7, 11) is 0. The van der Waals surface area contributed by atoms with Crippen molar-refractivity contribution in [2.45, 2.75) is 33.3 Å². The summed E-state index contributed by atoms with van der Waals surface area (Å²) in [4.78, 5) is 16.2. The van der Waals surface area contributed by atoms with Crippen LogP contribution in [-0.4, -0.2) is 16.1 Å². The minimum atomic E-state index is -0.706. The molecule has 6 nitrogen and oxygen atoms in total. The molecular weight excluding hydrogens is 303 g/mol. The lowest BCUT2D eigenvalue weighted by Crippen LogP contribution is -2.05. The summed E-state index contributed by atoms with van der Waals surface area (Å²) in [6.45, 7) is 5.35. The first-order valence-corrected chi connectivity index (χ1v) is 7.14. The van der Waals surface area contributed by atoms with E-state index in [0.717, 1.165) is 0 Å². The molecule has 3 rings (SSSR count). The van der Waals surface area contributed by atoms with Crippen molar-refractivity contribution in [1.82, 2.24) is 10.1 Å². The number of carbonyl (C=O) groups excluding carboxylic acids is 1. The predicted molar refractivity (Wildman–Crippen MR) is 78.4 cm³/mol. The number of halogens is 1. The van der Waals surface area contributed by atoms with E-state index in [9.17, 15) is 9.18 Å². The average molecular weight is 318 g/mol. The van der Waals surface area contributed by atoms with Crippen LogP contribution in [0.25, 0.3) is 11.0 Å². The lowest BCUT2D eigenvalue weighted by Gasteiger charge is -1.99. The van der Waals surface area contributed by atoms with Crippen LogP contribution in [-0.2, 0) is 11.3 Å². The van der Waals surface area contributed by atoms with Crippen LogP contribution in [0, 0.1) is 12.7 Å². The summed E-state index contributed by atoms with van der Waals surface area (Å²) < 4.78 is 29.1. The summed E-state index contributed by atoms with van der Waals surface area (Å²) in [6.07, 6.45) is 0. The van der Waals surface area contributed by atoms with Gasteiger partial charge in [-0.15, -0.1) is 0 Å². The second kappa shape index (κ2) is 5.83. The highest BCUT2D eigenvalue weighted by Crippen LogP contribution is 2.27. The number of fused-ring (bicyclic) bond motifs is 1. The van der Waals surface area contributed by atoms with Gasteiger partial charge in [-0.05, 0) is 13.0 Å². The molecule has 23 heavy (non-hydrogen) atoms. The molecule has 0 unspecified atom stereocenters. The van der Waals surface area contributed by atoms with Crippen LogP contribution in [0.2, 0.25) is 0 Å². The van der Waals surface area contributed by atoms with Crippen molar-refractivity contribution in [3.63, 3.8) is 0 Å². The Bertz CT molecular complexity index is 866. The summed E-state index contributed by atoms with van der Waals surface area (Å²) in [5.74, 6) is -0.414. The molecule has 2 aromatic heterocycles. The number of hydrogen-bond acceptors (Lipinski definition) is 6. The van der Waals surface area contributed by atoms with Gasteiger partial charge in [-0.1, -0.05) is 31.1 Å². The zero-order chi connectivity index (χ0) is 16.6. The number of benzene rings is 1. The minimum Gasteiger partial charge on any atom is -0.450 e. The van der Waals surface area contributed by atoms with Crippen molar-refractivity contribution >= 4 is 16.9 Å². The van der Waals surface area contributed by atoms with Gasteiger partial charge in [0.05, 0.1) is 0 Å². The van der Waals surface area contributed by atoms with E-state index in [-0.39, 0.29) is 29.8 Å². The van der Waals surface area contributed by atoms with Gasteiger partial charge in [-0.2, -0.15) is 4.98 Å². The molecule has 3 aromatic rings. The third-order valence-electron chi connectivity index (χ3n) is 3.43. The highest BCUT2D eigenvalue weighted by atomic mass is 19.1. The molecule has 0 N–H and O–H groups in total. The molecule has 0 fully saturated rings. The first-order chi connectivity index (χ1) is 11.0. The Morgan fingerprint density at radius 1 is 1.39 bits per heavy atom. The molecule has 0 radical (unpaired) electrons. The molecule has 0 saturated heterocycles. The van der Waals surface area contributed by atoms with E-state index in [2.05, 4.69) is 10.1 Å². The fraction of sp³-hybridized carbons (Fsp3) is 0.312. The predicted octanol–water partition coefficient (Wildman–Crippen LogP) is 3.74. The Kier molecular flexibility index (Phi) is 3.85. The zero-order valence-corrected chi connectivity index (χ0v) is 12.9. The van der Waals surface area contributed by atoms with Crippen molar-refractivity contribution in [3.05, 3.63) is 47.1 Å². The summed E-state index contributed by atoms with van der Waals surface area (Å²) in [5.41, 5.74) is 0.565. The molecule has 0 saturated carbocycles. The van der Waals surface area contributed by atoms with Gasteiger partial charge in [0, 0.05) is 16.9 Å². The van der Waals surface area contributed by atoms with Gasteiger partial charge in [-0.3, -0.25) is 0 Å². The minimum absolute atomic E-state index is 0.0336. The normalized spacial score (nSPS) is 11.3. The van der Waals surface area contributed by atoms with Crippen LogP contribution >= 0.6 is 0 Å². The fourth-order valence-electron chi connectivity index (χ4n) is 2.16. The number of ether oxygens (including phenoxy) is 1. The van der Waals surface area contributed by atoms with Crippen molar-refractivity contribution in [3.8, 4) is 0 Å². The number of esters is 1. The van der Waals surface area contributed by atoms with Gasteiger partial charge in [0.25, 0.3) is 5.89 Å². The maximum absolute atomic E-state index is 13.7. The molecular formula is C16H15FN2O4. The quantitative estimate of drug-likeness (QED) is 0.682. The number of aromatic nitrogens is 2. The SMILES string of the molecule is Cc1c(C(=O)OCc2nc(C(C)C)no2)oc2c(F)cccc12.